The number of hydrogen-bond acceptors (Lipinski definition) is 0. The summed E-state index contributed by atoms with van der Waals surface area (Å²) >= 11 is 0. The Bertz CT molecular complexity index is 3640. The van der Waals surface area contributed by atoms with Gasteiger partial charge in [0.1, 0.15) is 0 Å². The van der Waals surface area contributed by atoms with Crippen LogP contribution in [-0.4, -0.2) is 0 Å². The van der Waals surface area contributed by atoms with Crippen molar-refractivity contribution < 1.29 is 23.3 Å². The molecule has 0 nitrogen and oxygen atoms in total. The van der Waals surface area contributed by atoms with Gasteiger partial charge in [0.25, 0.3) is 0 Å². The second kappa shape index (κ2) is 8.89. The van der Waals surface area contributed by atoms with Crippen molar-refractivity contribution in [3.63, 3.8) is 0 Å². The highest BCUT2D eigenvalue weighted by Gasteiger charge is 2.16. The Hall–Kier alpha value is -5.72. The zero-order valence-corrected chi connectivity index (χ0v) is 22.7. The molecule has 44 heavy (non-hydrogen) atoms. The van der Waals surface area contributed by atoms with Gasteiger partial charge in [-0.1, -0.05) is 151 Å². The van der Waals surface area contributed by atoms with E-state index in [4.69, 9.17) is 16.4 Å². The molecule has 0 atom stereocenters. The molecule has 0 heterocycles. The Kier molecular flexibility index (Phi) is 2.60. The summed E-state index contributed by atoms with van der Waals surface area (Å²) in [4.78, 5) is 0. The van der Waals surface area contributed by atoms with E-state index in [2.05, 4.69) is 0 Å². The Morgan fingerprint density at radius 3 is 1.55 bits per heavy atom. The second-order valence-electron chi connectivity index (χ2n) is 10.7. The van der Waals surface area contributed by atoms with Gasteiger partial charge in [-0.3, -0.25) is 0 Å². The standard InChI is InChI=1S/C44H26/c1-2-13-37(38-23-19-32-17-15-28-7-4-9-30-21-25-40(38)44(32)42(28)30)35(12-1)33-10-5-11-34(26-33)36-22-18-31-16-14-27-6-3-8-29-20-24-39(36)43(31)41(27)29/h1-26H/i3D,4D,7D,8D,9D,14D,15D,16D,17D,18D,19D,20D,21D,22D,23D,24D,25D. The first-order valence-electron chi connectivity index (χ1n) is 22.5. The van der Waals surface area contributed by atoms with Gasteiger partial charge in [-0.2, -0.15) is 0 Å². The molecule has 0 aliphatic carbocycles. The summed E-state index contributed by atoms with van der Waals surface area (Å²) in [7, 11) is 0. The lowest BCUT2D eigenvalue weighted by atomic mass is 9.86. The molecule has 0 bridgehead atoms. The molecule has 10 rings (SSSR count). The molecular formula is C44H26. The summed E-state index contributed by atoms with van der Waals surface area (Å²) in [6, 6.07) is 7.64. The summed E-state index contributed by atoms with van der Waals surface area (Å²) < 4.78 is 152. The quantitative estimate of drug-likeness (QED) is 0.185. The maximum atomic E-state index is 9.37. The highest BCUT2D eigenvalue weighted by atomic mass is 14.2. The summed E-state index contributed by atoms with van der Waals surface area (Å²) in [5.74, 6) is 0. The third kappa shape index (κ3) is 3.28. The van der Waals surface area contributed by atoms with Crippen molar-refractivity contribution in [2.24, 2.45) is 0 Å². The minimum atomic E-state index is -0.566. The van der Waals surface area contributed by atoms with Crippen molar-refractivity contribution in [1.29, 1.82) is 0 Å². The van der Waals surface area contributed by atoms with Gasteiger partial charge in [0.15, 0.2) is 0 Å². The first kappa shape index (κ1) is 12.9. The fourth-order valence-electron chi connectivity index (χ4n) is 6.40. The van der Waals surface area contributed by atoms with Crippen LogP contribution in [0, 0.1) is 0 Å². The Labute approximate surface area is 279 Å². The van der Waals surface area contributed by atoms with E-state index in [-0.39, 0.29) is 112 Å². The van der Waals surface area contributed by atoms with Gasteiger partial charge in [0, 0.05) is 0 Å². The van der Waals surface area contributed by atoms with Crippen LogP contribution in [0.1, 0.15) is 23.3 Å². The molecule has 0 unspecified atom stereocenters. The Balaban J connectivity index is 1.30. The first-order valence-corrected chi connectivity index (χ1v) is 14.0. The van der Waals surface area contributed by atoms with Crippen LogP contribution < -0.4 is 0 Å². The molecule has 0 aliphatic rings. The predicted molar refractivity (Wildman–Crippen MR) is 190 cm³/mol. The van der Waals surface area contributed by atoms with Crippen LogP contribution in [0.5, 0.6) is 0 Å². The highest BCUT2D eigenvalue weighted by Crippen LogP contribution is 2.43. The van der Waals surface area contributed by atoms with Gasteiger partial charge in [-0.05, 0) is 104 Å². The molecule has 0 fully saturated rings. The zero-order valence-electron chi connectivity index (χ0n) is 39.7. The summed E-state index contributed by atoms with van der Waals surface area (Å²) in [6.07, 6.45) is 0. The maximum absolute atomic E-state index is 9.37. The van der Waals surface area contributed by atoms with Crippen molar-refractivity contribution >= 4 is 64.6 Å². The SMILES string of the molecule is [2H]c1cc2c([2H])c([2H])c3c([2H])c([2H])c(-c4cccc(-c5ccccc5-c5c([2H])c([2H])c6c([2H])c([2H])c7c([2H])c([2H])c([2H])c8c([2H])c([2H])c5c6c78)c4)c4c([2H])c([2H])c(c1[2H])c2c34. The maximum Gasteiger partial charge on any atom is 0.0630 e. The highest BCUT2D eigenvalue weighted by molar-refractivity contribution is 6.27. The molecule has 0 radical (unpaired) electrons. The van der Waals surface area contributed by atoms with Crippen LogP contribution in [0.25, 0.3) is 98.0 Å². The molecule has 0 amide bonds. The summed E-state index contributed by atoms with van der Waals surface area (Å²) in [6.45, 7) is 0. The van der Waals surface area contributed by atoms with Gasteiger partial charge in [0.2, 0.25) is 0 Å². The smallest absolute Gasteiger partial charge is 0.0616 e. The summed E-state index contributed by atoms with van der Waals surface area (Å²) in [5, 5.41) is 0.0155. The van der Waals surface area contributed by atoms with Crippen LogP contribution in [0.3, 0.4) is 0 Å². The molecule has 202 valence electrons. The molecule has 0 saturated carbocycles. The van der Waals surface area contributed by atoms with Crippen molar-refractivity contribution in [2.75, 3.05) is 0 Å². The molecular weight excluding hydrogens is 528 g/mol. The van der Waals surface area contributed by atoms with E-state index in [1.807, 2.05) is 0 Å². The van der Waals surface area contributed by atoms with E-state index < -0.39 is 66.5 Å². The van der Waals surface area contributed by atoms with E-state index in [1.54, 1.807) is 48.5 Å². The normalized spacial score (nSPS) is 17.5. The lowest BCUT2D eigenvalue weighted by molar-refractivity contribution is 1.59. The van der Waals surface area contributed by atoms with E-state index in [1.165, 1.54) is 6.07 Å². The first-order chi connectivity index (χ1) is 28.9. The van der Waals surface area contributed by atoms with Crippen molar-refractivity contribution in [2.45, 2.75) is 0 Å². The average molecular weight is 572 g/mol. The van der Waals surface area contributed by atoms with E-state index in [0.717, 1.165) is 0 Å². The molecule has 0 spiro atoms. The Morgan fingerprint density at radius 1 is 0.318 bits per heavy atom. The Morgan fingerprint density at radius 2 is 0.818 bits per heavy atom. The van der Waals surface area contributed by atoms with Gasteiger partial charge >= 0.3 is 0 Å². The third-order valence-corrected chi connectivity index (χ3v) is 8.35. The number of hydrogen-bond donors (Lipinski definition) is 0. The van der Waals surface area contributed by atoms with Gasteiger partial charge < -0.3 is 0 Å². The fraction of sp³-hybridized carbons (Fsp3) is 0. The van der Waals surface area contributed by atoms with Crippen molar-refractivity contribution in [3.05, 3.63) is 157 Å². The predicted octanol–water partition coefficient (Wildman–Crippen LogP) is 12.5. The number of rotatable bonds is 3. The van der Waals surface area contributed by atoms with Crippen molar-refractivity contribution in [3.8, 4) is 33.4 Å². The third-order valence-electron chi connectivity index (χ3n) is 8.35. The van der Waals surface area contributed by atoms with E-state index in [0.29, 0.717) is 22.3 Å². The van der Waals surface area contributed by atoms with Crippen LogP contribution in [0.15, 0.2) is 157 Å². The fourth-order valence-corrected chi connectivity index (χ4v) is 6.40. The number of benzene rings is 10. The summed E-state index contributed by atoms with van der Waals surface area (Å²) in [5.41, 5.74) is 1.73. The van der Waals surface area contributed by atoms with Crippen LogP contribution in [0.2, 0.25) is 0 Å². The molecule has 0 N–H and O–H groups in total. The van der Waals surface area contributed by atoms with Crippen LogP contribution in [0.4, 0.5) is 0 Å². The monoisotopic (exact) mass is 571 g/mol. The lowest BCUT2D eigenvalue weighted by Crippen LogP contribution is -1.90. The molecule has 0 saturated heterocycles. The minimum Gasteiger partial charge on any atom is -0.0616 e. The van der Waals surface area contributed by atoms with Crippen LogP contribution in [-0.2, 0) is 0 Å². The zero-order chi connectivity index (χ0) is 43.6. The van der Waals surface area contributed by atoms with E-state index >= 15 is 0 Å². The average Bonchev–Trinajstić information content (AvgIpc) is 3.24. The topological polar surface area (TPSA) is 0 Å². The molecule has 10 aromatic carbocycles. The van der Waals surface area contributed by atoms with E-state index in [9.17, 15) is 6.85 Å². The van der Waals surface area contributed by atoms with Crippen molar-refractivity contribution in [1.82, 2.24) is 0 Å². The lowest BCUT2D eigenvalue weighted by Gasteiger charge is -2.17. The van der Waals surface area contributed by atoms with Gasteiger partial charge in [-0.15, -0.1) is 0 Å². The van der Waals surface area contributed by atoms with Crippen LogP contribution >= 0.6 is 0 Å². The molecule has 10 aromatic rings. The molecule has 0 aliphatic heterocycles. The minimum absolute atomic E-state index is 0.00223. The molecule has 0 heteroatoms. The van der Waals surface area contributed by atoms with Gasteiger partial charge in [0.05, 0.1) is 23.3 Å². The molecule has 0 aromatic heterocycles. The second-order valence-corrected chi connectivity index (χ2v) is 10.7. The van der Waals surface area contributed by atoms with Gasteiger partial charge in [-0.25, -0.2) is 0 Å². The largest absolute Gasteiger partial charge is 0.0630 e.